The molecule has 0 bridgehead atoms. The van der Waals surface area contributed by atoms with Crippen LogP contribution in [-0.4, -0.2) is 42.6 Å². The number of thioether (sulfide) groups is 1. The zero-order valence-corrected chi connectivity index (χ0v) is 11.3. The first kappa shape index (κ1) is 16.2. The van der Waals surface area contributed by atoms with Gasteiger partial charge in [0.25, 0.3) is 0 Å². The number of nitrogens with one attached hydrogen (secondary N) is 1. The van der Waals surface area contributed by atoms with E-state index in [2.05, 4.69) is 5.32 Å². The summed E-state index contributed by atoms with van der Waals surface area (Å²) in [5.74, 6) is 0.486. The minimum absolute atomic E-state index is 0.149. The molecule has 100 valence electrons. The molecule has 17 heavy (non-hydrogen) atoms. The van der Waals surface area contributed by atoms with E-state index in [-0.39, 0.29) is 5.91 Å². The predicted octanol–water partition coefficient (Wildman–Crippen LogP) is 0.526. The van der Waals surface area contributed by atoms with Crippen LogP contribution < -0.4 is 11.1 Å². The van der Waals surface area contributed by atoms with Gasteiger partial charge in [-0.2, -0.15) is 0 Å². The Balaban J connectivity index is 3.71. The molecule has 0 rings (SSSR count). The van der Waals surface area contributed by atoms with E-state index >= 15 is 0 Å². The lowest BCUT2D eigenvalue weighted by Crippen LogP contribution is -2.45. The zero-order valence-electron chi connectivity index (χ0n) is 10.5. The number of ether oxygens (including phenoxy) is 1. The van der Waals surface area contributed by atoms with Gasteiger partial charge in [0.05, 0.1) is 12.4 Å². The van der Waals surface area contributed by atoms with Crippen LogP contribution in [0.15, 0.2) is 0 Å². The van der Waals surface area contributed by atoms with Crippen molar-refractivity contribution in [3.63, 3.8) is 0 Å². The summed E-state index contributed by atoms with van der Waals surface area (Å²) in [5.41, 5.74) is 5.18. The third-order valence-electron chi connectivity index (χ3n) is 2.07. The second-order valence-electron chi connectivity index (χ2n) is 3.56. The van der Waals surface area contributed by atoms with Crippen LogP contribution in [0.1, 0.15) is 26.7 Å². The van der Waals surface area contributed by atoms with E-state index in [4.69, 9.17) is 10.5 Å². The number of carbonyl (C=O) groups excluding carboxylic acids is 2. The molecule has 0 saturated heterocycles. The molecule has 0 aromatic heterocycles. The number of nitrogens with two attached hydrogens (primary N) is 1. The molecule has 1 unspecified atom stereocenters. The molecule has 2 amide bonds. The van der Waals surface area contributed by atoms with Crippen LogP contribution in [0.25, 0.3) is 0 Å². The van der Waals surface area contributed by atoms with Gasteiger partial charge in [-0.3, -0.25) is 9.59 Å². The Kier molecular flexibility index (Phi) is 9.95. The van der Waals surface area contributed by atoms with Crippen molar-refractivity contribution in [3.8, 4) is 0 Å². The second-order valence-corrected chi connectivity index (χ2v) is 4.67. The Morgan fingerprint density at radius 2 is 2.12 bits per heavy atom. The number of primary amides is 1. The monoisotopic (exact) mass is 262 g/mol. The van der Waals surface area contributed by atoms with Crippen molar-refractivity contribution in [2.24, 2.45) is 5.73 Å². The Hall–Kier alpha value is -0.750. The number of hydrogen-bond acceptors (Lipinski definition) is 4. The Morgan fingerprint density at radius 1 is 1.41 bits per heavy atom. The van der Waals surface area contributed by atoms with E-state index in [0.29, 0.717) is 25.4 Å². The minimum Gasteiger partial charge on any atom is -0.381 e. The quantitative estimate of drug-likeness (QED) is 0.563. The number of rotatable bonds is 10. The fourth-order valence-corrected chi connectivity index (χ4v) is 1.89. The SMILES string of the molecule is CCCC(NC(=O)CSCCOCC)C(N)=O. The first-order valence-electron chi connectivity index (χ1n) is 5.85. The van der Waals surface area contributed by atoms with Crippen molar-refractivity contribution < 1.29 is 14.3 Å². The average molecular weight is 262 g/mol. The van der Waals surface area contributed by atoms with Gasteiger partial charge >= 0.3 is 0 Å². The summed E-state index contributed by atoms with van der Waals surface area (Å²) in [6, 6.07) is -0.542. The largest absolute Gasteiger partial charge is 0.381 e. The zero-order chi connectivity index (χ0) is 13.1. The fraction of sp³-hybridized carbons (Fsp3) is 0.818. The van der Waals surface area contributed by atoms with Crippen LogP contribution >= 0.6 is 11.8 Å². The molecule has 5 nitrogen and oxygen atoms in total. The third-order valence-corrected chi connectivity index (χ3v) is 2.99. The summed E-state index contributed by atoms with van der Waals surface area (Å²) in [6.07, 6.45) is 1.40. The first-order valence-corrected chi connectivity index (χ1v) is 7.01. The smallest absolute Gasteiger partial charge is 0.239 e. The van der Waals surface area contributed by atoms with Crippen LogP contribution in [0, 0.1) is 0 Å². The summed E-state index contributed by atoms with van der Waals surface area (Å²) < 4.78 is 5.15. The molecule has 6 heteroatoms. The van der Waals surface area contributed by atoms with Crippen LogP contribution in [0.2, 0.25) is 0 Å². The Morgan fingerprint density at radius 3 is 2.65 bits per heavy atom. The number of carbonyl (C=O) groups is 2. The maximum atomic E-state index is 11.5. The van der Waals surface area contributed by atoms with Crippen molar-refractivity contribution in [1.82, 2.24) is 5.32 Å². The lowest BCUT2D eigenvalue weighted by molar-refractivity contribution is -0.126. The summed E-state index contributed by atoms with van der Waals surface area (Å²) in [7, 11) is 0. The normalized spacial score (nSPS) is 12.1. The highest BCUT2D eigenvalue weighted by atomic mass is 32.2. The molecule has 0 aliphatic heterocycles. The Bertz CT molecular complexity index is 237. The van der Waals surface area contributed by atoms with E-state index in [1.54, 1.807) is 0 Å². The van der Waals surface area contributed by atoms with E-state index in [0.717, 1.165) is 12.2 Å². The number of amides is 2. The molecule has 0 aromatic carbocycles. The fourth-order valence-electron chi connectivity index (χ4n) is 1.24. The topological polar surface area (TPSA) is 81.4 Å². The molecule has 0 spiro atoms. The van der Waals surface area contributed by atoms with Gasteiger partial charge in [-0.15, -0.1) is 11.8 Å². The lowest BCUT2D eigenvalue weighted by Gasteiger charge is -2.14. The second kappa shape index (κ2) is 10.4. The Labute approximate surface area is 107 Å². The summed E-state index contributed by atoms with van der Waals surface area (Å²) in [4.78, 5) is 22.5. The minimum atomic E-state index is -0.542. The van der Waals surface area contributed by atoms with Gasteiger partial charge in [-0.1, -0.05) is 13.3 Å². The molecule has 0 aliphatic carbocycles. The van der Waals surface area contributed by atoms with E-state index in [1.165, 1.54) is 11.8 Å². The molecule has 0 saturated carbocycles. The molecule has 3 N–H and O–H groups in total. The molecular formula is C11H22N2O3S. The summed E-state index contributed by atoms with van der Waals surface area (Å²) in [5, 5.41) is 2.63. The van der Waals surface area contributed by atoms with Crippen molar-refractivity contribution >= 4 is 23.6 Å². The van der Waals surface area contributed by atoms with Crippen molar-refractivity contribution in [2.75, 3.05) is 24.7 Å². The van der Waals surface area contributed by atoms with E-state index in [1.807, 2.05) is 13.8 Å². The van der Waals surface area contributed by atoms with Crippen LogP contribution in [0.3, 0.4) is 0 Å². The van der Waals surface area contributed by atoms with E-state index < -0.39 is 11.9 Å². The average Bonchev–Trinajstić information content (AvgIpc) is 2.28. The van der Waals surface area contributed by atoms with Gasteiger partial charge in [-0.05, 0) is 13.3 Å². The molecule has 0 aliphatic rings. The third kappa shape index (κ3) is 9.00. The number of hydrogen-bond donors (Lipinski definition) is 2. The lowest BCUT2D eigenvalue weighted by atomic mass is 10.1. The molecule has 0 aromatic rings. The maximum Gasteiger partial charge on any atom is 0.239 e. The van der Waals surface area contributed by atoms with Gasteiger partial charge in [0.15, 0.2) is 0 Å². The maximum absolute atomic E-state index is 11.5. The van der Waals surface area contributed by atoms with Gasteiger partial charge in [-0.25, -0.2) is 0 Å². The molecule has 0 heterocycles. The van der Waals surface area contributed by atoms with Crippen LogP contribution in [0.4, 0.5) is 0 Å². The molecule has 0 fully saturated rings. The highest BCUT2D eigenvalue weighted by Gasteiger charge is 2.16. The molecule has 1 atom stereocenters. The van der Waals surface area contributed by atoms with Gasteiger partial charge < -0.3 is 15.8 Å². The highest BCUT2D eigenvalue weighted by molar-refractivity contribution is 7.99. The van der Waals surface area contributed by atoms with Gasteiger partial charge in [0, 0.05) is 12.4 Å². The van der Waals surface area contributed by atoms with Crippen LogP contribution in [-0.2, 0) is 14.3 Å². The molecule has 0 radical (unpaired) electrons. The van der Waals surface area contributed by atoms with Gasteiger partial charge in [0.2, 0.25) is 11.8 Å². The summed E-state index contributed by atoms with van der Waals surface area (Å²) in [6.45, 7) is 5.20. The van der Waals surface area contributed by atoms with Crippen molar-refractivity contribution in [3.05, 3.63) is 0 Å². The standard InChI is InChI=1S/C11H22N2O3S/c1-3-5-9(11(12)15)13-10(14)8-17-7-6-16-4-2/h9H,3-8H2,1-2H3,(H2,12,15)(H,13,14). The van der Waals surface area contributed by atoms with Crippen molar-refractivity contribution in [2.45, 2.75) is 32.7 Å². The molecular weight excluding hydrogens is 240 g/mol. The van der Waals surface area contributed by atoms with Crippen molar-refractivity contribution in [1.29, 1.82) is 0 Å². The van der Waals surface area contributed by atoms with Crippen LogP contribution in [0.5, 0.6) is 0 Å². The predicted molar refractivity (Wildman–Crippen MR) is 69.9 cm³/mol. The highest BCUT2D eigenvalue weighted by Crippen LogP contribution is 2.01. The van der Waals surface area contributed by atoms with Gasteiger partial charge in [0.1, 0.15) is 6.04 Å². The summed E-state index contributed by atoms with van der Waals surface area (Å²) >= 11 is 1.48. The first-order chi connectivity index (χ1) is 8.11. The van der Waals surface area contributed by atoms with E-state index in [9.17, 15) is 9.59 Å².